The number of nitrogens with zero attached hydrogens (tertiary/aromatic N) is 2. The predicted molar refractivity (Wildman–Crippen MR) is 102 cm³/mol. The fourth-order valence-corrected chi connectivity index (χ4v) is 4.01. The van der Waals surface area contributed by atoms with Crippen LogP contribution in [0.4, 0.5) is 5.69 Å². The second kappa shape index (κ2) is 9.85. The third kappa shape index (κ3) is 8.29. The number of unbranched alkanes of at least 4 members (excludes halogenated alkanes) is 1. The van der Waals surface area contributed by atoms with E-state index in [-0.39, 0.29) is 5.41 Å². The van der Waals surface area contributed by atoms with Crippen molar-refractivity contribution >= 4 is 17.6 Å². The molecule has 0 saturated heterocycles. The van der Waals surface area contributed by atoms with Gasteiger partial charge in [0, 0.05) is 37.1 Å². The van der Waals surface area contributed by atoms with E-state index >= 15 is 0 Å². The minimum absolute atomic E-state index is 0.222. The molecule has 0 bridgehead atoms. The molecule has 0 aliphatic carbocycles. The molecule has 128 valence electrons. The van der Waals surface area contributed by atoms with Gasteiger partial charge in [-0.1, -0.05) is 33.8 Å². The van der Waals surface area contributed by atoms with Crippen molar-refractivity contribution in [1.82, 2.24) is 4.31 Å². The van der Waals surface area contributed by atoms with Crippen LogP contribution < -0.4 is 5.32 Å². The maximum absolute atomic E-state index is 8.74. The standard InChI is InChI=1S/C19H31N3S/c1-16(2)14-22(15-19(3,4)11-6-7-12-20)23-18-10-8-9-17(13-18)21-5/h8-10,13,16,21H,6-7,11,14-15H2,1-5H3. The van der Waals surface area contributed by atoms with Gasteiger partial charge in [0.2, 0.25) is 0 Å². The van der Waals surface area contributed by atoms with E-state index in [0.29, 0.717) is 12.3 Å². The summed E-state index contributed by atoms with van der Waals surface area (Å²) in [5.41, 5.74) is 1.37. The lowest BCUT2D eigenvalue weighted by Gasteiger charge is -2.33. The van der Waals surface area contributed by atoms with Crippen molar-refractivity contribution in [3.05, 3.63) is 24.3 Å². The van der Waals surface area contributed by atoms with Gasteiger partial charge in [-0.3, -0.25) is 0 Å². The Labute approximate surface area is 146 Å². The third-order valence-electron chi connectivity index (χ3n) is 3.67. The largest absolute Gasteiger partial charge is 0.388 e. The van der Waals surface area contributed by atoms with E-state index in [1.54, 1.807) is 0 Å². The Balaban J connectivity index is 2.73. The number of benzene rings is 1. The molecule has 0 saturated carbocycles. The highest BCUT2D eigenvalue weighted by Crippen LogP contribution is 2.32. The molecule has 0 spiro atoms. The number of hydrogen-bond acceptors (Lipinski definition) is 4. The molecule has 0 aliphatic rings. The Bertz CT molecular complexity index is 506. The van der Waals surface area contributed by atoms with Crippen LogP contribution in [0.25, 0.3) is 0 Å². The fraction of sp³-hybridized carbons (Fsp3) is 0.632. The number of anilines is 1. The SMILES string of the molecule is CNc1cccc(SN(CC(C)C)CC(C)(C)CCCC#N)c1. The van der Waals surface area contributed by atoms with Gasteiger partial charge in [0.1, 0.15) is 0 Å². The summed E-state index contributed by atoms with van der Waals surface area (Å²) < 4.78 is 2.48. The lowest BCUT2D eigenvalue weighted by Crippen LogP contribution is -2.32. The summed E-state index contributed by atoms with van der Waals surface area (Å²) in [5.74, 6) is 0.630. The van der Waals surface area contributed by atoms with Gasteiger partial charge in [0.15, 0.2) is 0 Å². The van der Waals surface area contributed by atoms with E-state index in [2.05, 4.69) is 67.7 Å². The molecule has 0 fully saturated rings. The van der Waals surface area contributed by atoms with Crippen molar-refractivity contribution < 1.29 is 0 Å². The van der Waals surface area contributed by atoms with Crippen LogP contribution in [0.2, 0.25) is 0 Å². The first-order chi connectivity index (χ1) is 10.9. The molecule has 0 aromatic heterocycles. The van der Waals surface area contributed by atoms with E-state index in [1.165, 1.54) is 4.90 Å². The van der Waals surface area contributed by atoms with Gasteiger partial charge >= 0.3 is 0 Å². The molecule has 23 heavy (non-hydrogen) atoms. The summed E-state index contributed by atoms with van der Waals surface area (Å²) in [5, 5.41) is 11.9. The second-order valence-electron chi connectivity index (χ2n) is 7.26. The third-order valence-corrected chi connectivity index (χ3v) is 4.67. The van der Waals surface area contributed by atoms with Gasteiger partial charge in [0.05, 0.1) is 6.07 Å². The van der Waals surface area contributed by atoms with Crippen molar-refractivity contribution in [1.29, 1.82) is 5.26 Å². The molecule has 1 aromatic rings. The minimum Gasteiger partial charge on any atom is -0.388 e. The average Bonchev–Trinajstić information content (AvgIpc) is 2.46. The van der Waals surface area contributed by atoms with Crippen LogP contribution in [-0.2, 0) is 0 Å². The monoisotopic (exact) mass is 333 g/mol. The van der Waals surface area contributed by atoms with Gasteiger partial charge in [-0.25, -0.2) is 4.31 Å². The number of nitrogens with one attached hydrogen (secondary N) is 1. The quantitative estimate of drug-likeness (QED) is 0.459. The van der Waals surface area contributed by atoms with Gasteiger partial charge in [-0.2, -0.15) is 5.26 Å². The van der Waals surface area contributed by atoms with Crippen LogP contribution in [0, 0.1) is 22.7 Å². The predicted octanol–water partition coefficient (Wildman–Crippen LogP) is 5.41. The Morgan fingerprint density at radius 2 is 2.09 bits per heavy atom. The fourth-order valence-electron chi connectivity index (χ4n) is 2.60. The first-order valence-electron chi connectivity index (χ1n) is 8.44. The topological polar surface area (TPSA) is 39.1 Å². The van der Waals surface area contributed by atoms with Crippen LogP contribution in [0.3, 0.4) is 0 Å². The number of hydrogen-bond donors (Lipinski definition) is 1. The van der Waals surface area contributed by atoms with Crippen LogP contribution in [-0.4, -0.2) is 24.4 Å². The normalized spacial score (nSPS) is 11.7. The zero-order valence-corrected chi connectivity index (χ0v) is 16.0. The van der Waals surface area contributed by atoms with Crippen LogP contribution in [0.15, 0.2) is 29.2 Å². The molecule has 1 N–H and O–H groups in total. The first-order valence-corrected chi connectivity index (χ1v) is 9.21. The minimum atomic E-state index is 0.222. The second-order valence-corrected chi connectivity index (χ2v) is 8.43. The molecule has 0 heterocycles. The Kier molecular flexibility index (Phi) is 8.51. The number of rotatable bonds is 10. The van der Waals surface area contributed by atoms with E-state index in [0.717, 1.165) is 31.6 Å². The molecule has 0 aliphatic heterocycles. The van der Waals surface area contributed by atoms with Crippen molar-refractivity contribution in [2.75, 3.05) is 25.5 Å². The summed E-state index contributed by atoms with van der Waals surface area (Å²) >= 11 is 1.84. The van der Waals surface area contributed by atoms with Gasteiger partial charge in [-0.15, -0.1) is 0 Å². The summed E-state index contributed by atoms with van der Waals surface area (Å²) in [4.78, 5) is 1.27. The van der Waals surface area contributed by atoms with Crippen molar-refractivity contribution in [3.8, 4) is 6.07 Å². The molecule has 0 unspecified atom stereocenters. The van der Waals surface area contributed by atoms with Crippen molar-refractivity contribution in [3.63, 3.8) is 0 Å². The van der Waals surface area contributed by atoms with Gasteiger partial charge < -0.3 is 5.32 Å². The summed E-state index contributed by atoms with van der Waals surface area (Å²) in [7, 11) is 1.95. The molecular formula is C19H31N3S. The molecule has 0 amide bonds. The van der Waals surface area contributed by atoms with E-state index in [1.807, 2.05) is 19.0 Å². The zero-order chi connectivity index (χ0) is 17.3. The van der Waals surface area contributed by atoms with E-state index in [4.69, 9.17) is 5.26 Å². The van der Waals surface area contributed by atoms with Crippen LogP contribution in [0.5, 0.6) is 0 Å². The average molecular weight is 334 g/mol. The van der Waals surface area contributed by atoms with Gasteiger partial charge in [0.25, 0.3) is 0 Å². The Morgan fingerprint density at radius 1 is 1.35 bits per heavy atom. The lowest BCUT2D eigenvalue weighted by molar-refractivity contribution is 0.239. The number of nitriles is 1. The molecule has 0 radical (unpaired) electrons. The van der Waals surface area contributed by atoms with E-state index in [9.17, 15) is 0 Å². The zero-order valence-electron chi connectivity index (χ0n) is 15.2. The van der Waals surface area contributed by atoms with Crippen molar-refractivity contribution in [2.24, 2.45) is 11.3 Å². The van der Waals surface area contributed by atoms with Crippen LogP contribution in [0.1, 0.15) is 47.0 Å². The highest BCUT2D eigenvalue weighted by Gasteiger charge is 2.23. The molecule has 3 nitrogen and oxygen atoms in total. The highest BCUT2D eigenvalue weighted by molar-refractivity contribution is 7.97. The maximum atomic E-state index is 8.74. The molecule has 1 aromatic carbocycles. The summed E-state index contributed by atoms with van der Waals surface area (Å²) in [6.07, 6.45) is 2.73. The highest BCUT2D eigenvalue weighted by atomic mass is 32.2. The summed E-state index contributed by atoms with van der Waals surface area (Å²) in [6.45, 7) is 11.2. The molecular weight excluding hydrogens is 302 g/mol. The van der Waals surface area contributed by atoms with Crippen LogP contribution >= 0.6 is 11.9 Å². The Morgan fingerprint density at radius 3 is 2.70 bits per heavy atom. The summed E-state index contributed by atoms with van der Waals surface area (Å²) in [6, 6.07) is 10.8. The van der Waals surface area contributed by atoms with Gasteiger partial charge in [-0.05, 0) is 54.3 Å². The smallest absolute Gasteiger partial charge is 0.0621 e. The lowest BCUT2D eigenvalue weighted by atomic mass is 9.87. The maximum Gasteiger partial charge on any atom is 0.0621 e. The van der Waals surface area contributed by atoms with E-state index < -0.39 is 0 Å². The first kappa shape index (κ1) is 19.9. The van der Waals surface area contributed by atoms with Crippen molar-refractivity contribution in [2.45, 2.75) is 51.9 Å². The molecule has 4 heteroatoms. The Hall–Kier alpha value is -1.18. The molecule has 0 atom stereocenters. The molecule has 1 rings (SSSR count).